The molecule has 210 valence electrons. The molecule has 0 atom stereocenters. The van der Waals surface area contributed by atoms with Crippen LogP contribution in [0.25, 0.3) is 5.57 Å². The van der Waals surface area contributed by atoms with E-state index in [1.165, 1.54) is 35.5 Å². The van der Waals surface area contributed by atoms with Gasteiger partial charge in [-0.25, -0.2) is 0 Å². The zero-order chi connectivity index (χ0) is 28.2. The molecule has 1 aliphatic carbocycles. The monoisotopic (exact) mass is 540 g/mol. The minimum atomic E-state index is 0.124. The number of allylic oxidation sites excluding steroid dienone is 3. The highest BCUT2D eigenvalue weighted by atomic mass is 16.5. The molecule has 2 aromatic rings. The van der Waals surface area contributed by atoms with Crippen LogP contribution in [-0.2, 0) is 19.4 Å². The van der Waals surface area contributed by atoms with E-state index in [0.29, 0.717) is 35.3 Å². The van der Waals surface area contributed by atoms with Crippen LogP contribution < -0.4 is 37.9 Å². The number of nitrogens with two attached hydrogens (primary N) is 3. The molecule has 1 aromatic carbocycles. The molecule has 3 heterocycles. The quantitative estimate of drug-likeness (QED) is 0.251. The molecule has 9 nitrogen and oxygen atoms in total. The normalized spacial score (nSPS) is 17.4. The zero-order valence-electron chi connectivity index (χ0n) is 23.4. The number of likely N-dealkylation sites (tertiary alicyclic amines) is 1. The molecule has 0 amide bonds. The maximum Gasteiger partial charge on any atom is 0.149 e. The molecule has 40 heavy (non-hydrogen) atoms. The van der Waals surface area contributed by atoms with Crippen LogP contribution in [0.3, 0.4) is 0 Å². The summed E-state index contributed by atoms with van der Waals surface area (Å²) in [6.07, 6.45) is 9.49. The van der Waals surface area contributed by atoms with Crippen LogP contribution in [0.4, 0.5) is 5.69 Å². The van der Waals surface area contributed by atoms with Crippen molar-refractivity contribution in [2.24, 2.45) is 23.1 Å². The van der Waals surface area contributed by atoms with Gasteiger partial charge in [0.2, 0.25) is 0 Å². The summed E-state index contributed by atoms with van der Waals surface area (Å²) in [6, 6.07) is 10.4. The van der Waals surface area contributed by atoms with Crippen LogP contribution in [0.5, 0.6) is 5.75 Å². The van der Waals surface area contributed by atoms with Crippen LogP contribution in [0, 0.1) is 5.92 Å². The Kier molecular flexibility index (Phi) is 8.02. The molecular formula is C31H40N8O. The number of anilines is 1. The minimum absolute atomic E-state index is 0.124. The average molecular weight is 541 g/mol. The smallest absolute Gasteiger partial charge is 0.149 e. The SMILES string of the molecule is C=C(NC)/C(N)=C(/C=C(N)N)Nc1cccc(C2=CC=C(C3CN(Cc4ccc5c(n4)CCC5)C3)NC2)c1OC. The van der Waals surface area contributed by atoms with Crippen LogP contribution in [0.1, 0.15) is 28.9 Å². The van der Waals surface area contributed by atoms with Crippen molar-refractivity contribution in [3.05, 3.63) is 106 Å². The molecule has 0 unspecified atom stereocenters. The predicted octanol–water partition coefficient (Wildman–Crippen LogP) is 2.66. The Labute approximate surface area is 236 Å². The Bertz CT molecular complexity index is 1410. The summed E-state index contributed by atoms with van der Waals surface area (Å²) in [5.74, 6) is 1.33. The number of rotatable bonds is 10. The maximum atomic E-state index is 6.30. The Morgan fingerprint density at radius 2 is 2.00 bits per heavy atom. The van der Waals surface area contributed by atoms with Gasteiger partial charge in [-0.15, -0.1) is 0 Å². The third-order valence-corrected chi connectivity index (χ3v) is 7.78. The summed E-state index contributed by atoms with van der Waals surface area (Å²) in [6.45, 7) is 7.65. The number of hydrogen-bond acceptors (Lipinski definition) is 9. The van der Waals surface area contributed by atoms with E-state index in [1.807, 2.05) is 12.1 Å². The van der Waals surface area contributed by atoms with E-state index in [2.05, 4.69) is 57.8 Å². The average Bonchev–Trinajstić information content (AvgIpc) is 3.41. The van der Waals surface area contributed by atoms with Crippen LogP contribution in [-0.4, -0.2) is 43.7 Å². The lowest BCUT2D eigenvalue weighted by Crippen LogP contribution is -2.49. The number of fused-ring (bicyclic) bond motifs is 1. The lowest BCUT2D eigenvalue weighted by molar-refractivity contribution is 0.109. The van der Waals surface area contributed by atoms with Crippen molar-refractivity contribution in [1.82, 2.24) is 20.5 Å². The van der Waals surface area contributed by atoms with Crippen molar-refractivity contribution in [3.63, 3.8) is 0 Å². The number of aryl methyl sites for hydroxylation is 2. The third-order valence-electron chi connectivity index (χ3n) is 7.78. The number of ether oxygens (including phenoxy) is 1. The second kappa shape index (κ2) is 11.8. The number of nitrogens with one attached hydrogen (secondary N) is 3. The van der Waals surface area contributed by atoms with E-state index < -0.39 is 0 Å². The second-order valence-electron chi connectivity index (χ2n) is 10.5. The Morgan fingerprint density at radius 3 is 2.70 bits per heavy atom. The summed E-state index contributed by atoms with van der Waals surface area (Å²) < 4.78 is 5.86. The number of dihydropyridines is 1. The summed E-state index contributed by atoms with van der Waals surface area (Å²) in [5, 5.41) is 9.93. The van der Waals surface area contributed by atoms with Crippen LogP contribution >= 0.6 is 0 Å². The lowest BCUT2D eigenvalue weighted by atomic mass is 9.92. The highest BCUT2D eigenvalue weighted by molar-refractivity contribution is 5.80. The highest BCUT2D eigenvalue weighted by Gasteiger charge is 2.31. The standard InChI is InChI=1S/C31H40N8O/c1-19(35-2)30(34)28(14-29(32)33)38-27-9-5-7-24(31(27)40-3)21-11-13-25(36-15-21)22-16-39(17-22)18-23-12-10-20-6-4-8-26(20)37-23/h5,7,9-14,22,35-36,38H,1,4,6,8,15-18,32-34H2,2-3H3/b30-28+. The first kappa shape index (κ1) is 27.2. The number of hydrogen-bond donors (Lipinski definition) is 6. The Hall–Kier alpha value is -4.37. The molecule has 0 bridgehead atoms. The molecular weight excluding hydrogens is 500 g/mol. The van der Waals surface area contributed by atoms with E-state index in [9.17, 15) is 0 Å². The molecule has 9 N–H and O–H groups in total. The lowest BCUT2D eigenvalue weighted by Gasteiger charge is -2.41. The first-order valence-corrected chi connectivity index (χ1v) is 13.7. The fourth-order valence-corrected chi connectivity index (χ4v) is 5.55. The third kappa shape index (κ3) is 5.79. The predicted molar refractivity (Wildman–Crippen MR) is 162 cm³/mol. The van der Waals surface area contributed by atoms with Gasteiger partial charge in [0.15, 0.2) is 0 Å². The van der Waals surface area contributed by atoms with E-state index in [-0.39, 0.29) is 5.82 Å². The topological polar surface area (TPSA) is 140 Å². The first-order chi connectivity index (χ1) is 19.4. The number of pyridine rings is 1. The highest BCUT2D eigenvalue weighted by Crippen LogP contribution is 2.36. The fraction of sp³-hybridized carbons (Fsp3) is 0.323. The molecule has 2 aliphatic heterocycles. The van der Waals surface area contributed by atoms with E-state index >= 15 is 0 Å². The number of aromatic nitrogens is 1. The van der Waals surface area contributed by atoms with E-state index in [1.54, 1.807) is 20.2 Å². The van der Waals surface area contributed by atoms with Gasteiger partial charge in [0.25, 0.3) is 0 Å². The largest absolute Gasteiger partial charge is 0.494 e. The first-order valence-electron chi connectivity index (χ1n) is 13.7. The second-order valence-corrected chi connectivity index (χ2v) is 10.5. The van der Waals surface area contributed by atoms with E-state index in [4.69, 9.17) is 26.9 Å². The fourth-order valence-electron chi connectivity index (χ4n) is 5.55. The van der Waals surface area contributed by atoms with Gasteiger partial charge in [0.1, 0.15) is 5.75 Å². The number of benzene rings is 1. The zero-order valence-corrected chi connectivity index (χ0v) is 23.4. The van der Waals surface area contributed by atoms with Crippen molar-refractivity contribution >= 4 is 11.3 Å². The maximum absolute atomic E-state index is 6.30. The Balaban J connectivity index is 1.27. The number of para-hydroxylation sites is 1. The molecule has 5 rings (SSSR count). The van der Waals surface area contributed by atoms with Gasteiger partial charge in [0, 0.05) is 62.2 Å². The summed E-state index contributed by atoms with van der Waals surface area (Å²) >= 11 is 0. The van der Waals surface area contributed by atoms with Crippen molar-refractivity contribution in [2.45, 2.75) is 25.8 Å². The van der Waals surface area contributed by atoms with Gasteiger partial charge in [-0.3, -0.25) is 9.88 Å². The van der Waals surface area contributed by atoms with Gasteiger partial charge in [-0.2, -0.15) is 0 Å². The molecule has 1 fully saturated rings. The van der Waals surface area contributed by atoms with Gasteiger partial charge < -0.3 is 37.9 Å². The van der Waals surface area contributed by atoms with Gasteiger partial charge in [-0.05, 0) is 48.6 Å². The van der Waals surface area contributed by atoms with Crippen LogP contribution in [0.2, 0.25) is 0 Å². The number of nitrogens with zero attached hydrogens (tertiary/aromatic N) is 2. The van der Waals surface area contributed by atoms with Crippen molar-refractivity contribution in [2.75, 3.05) is 39.1 Å². The van der Waals surface area contributed by atoms with E-state index in [0.717, 1.165) is 42.9 Å². The number of likely N-dealkylation sites (N-methyl/N-ethyl adjacent to an activating group) is 1. The summed E-state index contributed by atoms with van der Waals surface area (Å²) in [7, 11) is 3.41. The number of methoxy groups -OCH3 is 1. The van der Waals surface area contributed by atoms with Gasteiger partial charge in [0.05, 0.1) is 41.4 Å². The molecule has 0 spiro atoms. The Morgan fingerprint density at radius 1 is 1.18 bits per heavy atom. The van der Waals surface area contributed by atoms with Crippen LogP contribution in [0.15, 0.2) is 83.7 Å². The molecule has 1 aromatic heterocycles. The van der Waals surface area contributed by atoms with Crippen molar-refractivity contribution < 1.29 is 4.74 Å². The van der Waals surface area contributed by atoms with Crippen molar-refractivity contribution in [3.8, 4) is 5.75 Å². The molecule has 0 radical (unpaired) electrons. The van der Waals surface area contributed by atoms with Crippen molar-refractivity contribution in [1.29, 1.82) is 0 Å². The molecule has 3 aliphatic rings. The molecule has 9 heteroatoms. The summed E-state index contributed by atoms with van der Waals surface area (Å²) in [5.41, 5.74) is 27.4. The van der Waals surface area contributed by atoms with Gasteiger partial charge in [-0.1, -0.05) is 30.9 Å². The van der Waals surface area contributed by atoms with Gasteiger partial charge >= 0.3 is 0 Å². The minimum Gasteiger partial charge on any atom is -0.494 e. The molecule has 0 saturated carbocycles. The summed E-state index contributed by atoms with van der Waals surface area (Å²) in [4.78, 5) is 7.37. The molecule has 1 saturated heterocycles.